The first-order valence-electron chi connectivity index (χ1n) is 11.0. The zero-order chi connectivity index (χ0) is 24.4. The van der Waals surface area contributed by atoms with Crippen LogP contribution in [0.15, 0.2) is 74.4 Å². The largest absolute Gasteiger partial charge is 0.481 e. The Labute approximate surface area is 201 Å². The van der Waals surface area contributed by atoms with Crippen LogP contribution >= 0.6 is 0 Å². The van der Waals surface area contributed by atoms with Crippen molar-refractivity contribution in [2.45, 2.75) is 11.3 Å². The van der Waals surface area contributed by atoms with Crippen LogP contribution in [0.1, 0.15) is 18.1 Å². The Morgan fingerprint density at radius 1 is 1.00 bits per heavy atom. The van der Waals surface area contributed by atoms with Crippen LogP contribution in [0.25, 0.3) is 34.1 Å². The van der Waals surface area contributed by atoms with E-state index >= 15 is 0 Å². The fourth-order valence-corrected chi connectivity index (χ4v) is 5.25. The number of benzene rings is 2. The van der Waals surface area contributed by atoms with Crippen molar-refractivity contribution in [2.75, 3.05) is 26.3 Å². The second-order valence-electron chi connectivity index (χ2n) is 7.97. The number of hydrogen-bond acceptors (Lipinski definition) is 7. The molecule has 1 fully saturated rings. The van der Waals surface area contributed by atoms with Gasteiger partial charge in [-0.3, -0.25) is 4.79 Å². The number of furan rings is 1. The molecule has 1 saturated heterocycles. The van der Waals surface area contributed by atoms with Crippen molar-refractivity contribution in [1.82, 2.24) is 9.29 Å². The fraction of sp³-hybridized carbons (Fsp3) is 0.200. The second-order valence-corrected chi connectivity index (χ2v) is 9.91. The van der Waals surface area contributed by atoms with Gasteiger partial charge in [0.15, 0.2) is 5.58 Å². The SMILES string of the molecule is O=C(O)CC(=Cc1ccc(-c2ccc(S(=O)(=O)N3CCOCC3)cc2)o1)c1nc2ccccc2o1. The molecule has 2 aromatic heterocycles. The van der Waals surface area contributed by atoms with Crippen molar-refractivity contribution >= 4 is 38.7 Å². The van der Waals surface area contributed by atoms with Gasteiger partial charge in [-0.05, 0) is 54.6 Å². The number of sulfonamides is 1. The summed E-state index contributed by atoms with van der Waals surface area (Å²) in [6.45, 7) is 1.42. The summed E-state index contributed by atoms with van der Waals surface area (Å²) in [7, 11) is -3.58. The highest BCUT2D eigenvalue weighted by molar-refractivity contribution is 7.89. The lowest BCUT2D eigenvalue weighted by molar-refractivity contribution is -0.135. The molecule has 0 radical (unpaired) electrons. The smallest absolute Gasteiger partial charge is 0.308 e. The Morgan fingerprint density at radius 2 is 1.74 bits per heavy atom. The lowest BCUT2D eigenvalue weighted by Crippen LogP contribution is -2.40. The number of aliphatic carboxylic acids is 1. The van der Waals surface area contributed by atoms with Gasteiger partial charge in [0, 0.05) is 24.2 Å². The molecule has 0 aliphatic carbocycles. The predicted octanol–water partition coefficient (Wildman–Crippen LogP) is 4.12. The molecule has 0 atom stereocenters. The van der Waals surface area contributed by atoms with Crippen LogP contribution in [0.4, 0.5) is 0 Å². The fourth-order valence-electron chi connectivity index (χ4n) is 3.85. The number of carboxylic acid groups (broad SMARTS) is 1. The lowest BCUT2D eigenvalue weighted by atomic mass is 10.1. The minimum Gasteiger partial charge on any atom is -0.481 e. The zero-order valence-electron chi connectivity index (χ0n) is 18.6. The Bertz CT molecular complexity index is 1460. The molecule has 1 aliphatic rings. The van der Waals surface area contributed by atoms with Gasteiger partial charge in [0.05, 0.1) is 24.5 Å². The summed E-state index contributed by atoms with van der Waals surface area (Å²) in [6.07, 6.45) is 1.29. The van der Waals surface area contributed by atoms with Crippen LogP contribution in [0.2, 0.25) is 0 Å². The number of morpholine rings is 1. The molecule has 1 aliphatic heterocycles. The van der Waals surface area contributed by atoms with E-state index in [1.54, 1.807) is 54.6 Å². The quantitative estimate of drug-likeness (QED) is 0.407. The Balaban J connectivity index is 1.40. The summed E-state index contributed by atoms with van der Waals surface area (Å²) in [5, 5.41) is 9.37. The lowest BCUT2D eigenvalue weighted by Gasteiger charge is -2.26. The highest BCUT2D eigenvalue weighted by atomic mass is 32.2. The molecule has 9 nitrogen and oxygen atoms in total. The van der Waals surface area contributed by atoms with E-state index < -0.39 is 16.0 Å². The van der Waals surface area contributed by atoms with Gasteiger partial charge in [-0.1, -0.05) is 12.1 Å². The maximum absolute atomic E-state index is 12.8. The van der Waals surface area contributed by atoms with Gasteiger partial charge in [-0.2, -0.15) is 4.31 Å². The molecular weight excluding hydrogens is 472 g/mol. The number of rotatable bonds is 7. The summed E-state index contributed by atoms with van der Waals surface area (Å²) in [5.41, 5.74) is 2.24. The average molecular weight is 495 g/mol. The Kier molecular flexibility index (Phi) is 6.25. The van der Waals surface area contributed by atoms with E-state index in [0.29, 0.717) is 60.1 Å². The maximum Gasteiger partial charge on any atom is 0.308 e. The van der Waals surface area contributed by atoms with E-state index in [2.05, 4.69) is 4.98 Å². The molecular formula is C25H22N2O7S. The van der Waals surface area contributed by atoms with E-state index in [4.69, 9.17) is 13.6 Å². The van der Waals surface area contributed by atoms with Crippen molar-refractivity contribution in [3.05, 3.63) is 72.3 Å². The number of fused-ring (bicyclic) bond motifs is 1. The summed E-state index contributed by atoms with van der Waals surface area (Å²) >= 11 is 0. The van der Waals surface area contributed by atoms with E-state index in [0.717, 1.165) is 0 Å². The number of oxazole rings is 1. The first-order valence-corrected chi connectivity index (χ1v) is 12.4. The summed E-state index contributed by atoms with van der Waals surface area (Å²) in [5.74, 6) is 0.119. The van der Waals surface area contributed by atoms with Crippen molar-refractivity contribution in [2.24, 2.45) is 0 Å². The van der Waals surface area contributed by atoms with Gasteiger partial charge in [-0.25, -0.2) is 13.4 Å². The molecule has 0 amide bonds. The van der Waals surface area contributed by atoms with Gasteiger partial charge in [0.2, 0.25) is 15.9 Å². The van der Waals surface area contributed by atoms with Crippen LogP contribution in [-0.4, -0.2) is 55.1 Å². The number of ether oxygens (including phenoxy) is 1. The topological polar surface area (TPSA) is 123 Å². The zero-order valence-corrected chi connectivity index (χ0v) is 19.4. The Morgan fingerprint density at radius 3 is 2.46 bits per heavy atom. The molecule has 35 heavy (non-hydrogen) atoms. The number of aromatic nitrogens is 1. The highest BCUT2D eigenvalue weighted by Gasteiger charge is 2.26. The van der Waals surface area contributed by atoms with E-state index in [1.165, 1.54) is 4.31 Å². The van der Waals surface area contributed by atoms with Gasteiger partial charge < -0.3 is 18.7 Å². The van der Waals surface area contributed by atoms with Crippen LogP contribution in [0, 0.1) is 0 Å². The highest BCUT2D eigenvalue weighted by Crippen LogP contribution is 2.29. The molecule has 3 heterocycles. The molecule has 0 spiro atoms. The number of hydrogen-bond donors (Lipinski definition) is 1. The number of carbonyl (C=O) groups is 1. The van der Waals surface area contributed by atoms with Crippen LogP contribution in [0.3, 0.4) is 0 Å². The van der Waals surface area contributed by atoms with E-state index in [-0.39, 0.29) is 17.2 Å². The molecule has 0 saturated carbocycles. The van der Waals surface area contributed by atoms with Gasteiger partial charge in [-0.15, -0.1) is 0 Å². The first kappa shape index (κ1) is 23.0. The minimum absolute atomic E-state index is 0.203. The molecule has 2 aromatic carbocycles. The van der Waals surface area contributed by atoms with Crippen molar-refractivity contribution < 1.29 is 31.9 Å². The minimum atomic E-state index is -3.58. The van der Waals surface area contributed by atoms with E-state index in [9.17, 15) is 18.3 Å². The van der Waals surface area contributed by atoms with Gasteiger partial charge in [0.1, 0.15) is 17.0 Å². The van der Waals surface area contributed by atoms with Crippen LogP contribution in [-0.2, 0) is 19.6 Å². The Hall–Kier alpha value is -3.73. The monoisotopic (exact) mass is 494 g/mol. The van der Waals surface area contributed by atoms with Crippen molar-refractivity contribution in [3.63, 3.8) is 0 Å². The molecule has 1 N–H and O–H groups in total. The number of para-hydroxylation sites is 2. The van der Waals surface area contributed by atoms with Gasteiger partial charge >= 0.3 is 5.97 Å². The third-order valence-electron chi connectivity index (χ3n) is 5.60. The maximum atomic E-state index is 12.8. The first-order chi connectivity index (χ1) is 16.9. The molecule has 10 heteroatoms. The molecule has 4 aromatic rings. The third-order valence-corrected chi connectivity index (χ3v) is 7.51. The second kappa shape index (κ2) is 9.49. The van der Waals surface area contributed by atoms with Crippen molar-refractivity contribution in [3.8, 4) is 11.3 Å². The van der Waals surface area contributed by atoms with Crippen LogP contribution < -0.4 is 0 Å². The molecule has 5 rings (SSSR count). The molecule has 0 unspecified atom stereocenters. The molecule has 0 bridgehead atoms. The molecule has 180 valence electrons. The third kappa shape index (κ3) is 4.90. The number of carboxylic acids is 1. The normalized spacial score (nSPS) is 15.5. The summed E-state index contributed by atoms with van der Waals surface area (Å²) in [6, 6.07) is 17.1. The van der Waals surface area contributed by atoms with E-state index in [1.807, 2.05) is 12.1 Å². The standard InChI is InChI=1S/C25H22N2O7S/c28-24(29)16-18(25-26-21-3-1-2-4-23(21)34-25)15-19-7-10-22(33-19)17-5-8-20(9-6-17)35(30,31)27-11-13-32-14-12-27/h1-10,15H,11-14,16H2,(H,28,29). The summed E-state index contributed by atoms with van der Waals surface area (Å²) in [4.78, 5) is 16.0. The average Bonchev–Trinajstić information content (AvgIpc) is 3.51. The van der Waals surface area contributed by atoms with Crippen molar-refractivity contribution in [1.29, 1.82) is 0 Å². The van der Waals surface area contributed by atoms with Gasteiger partial charge in [0.25, 0.3) is 0 Å². The predicted molar refractivity (Wildman–Crippen MR) is 128 cm³/mol. The number of nitrogens with zero attached hydrogens (tertiary/aromatic N) is 2. The summed E-state index contributed by atoms with van der Waals surface area (Å²) < 4.78 is 43.9. The van der Waals surface area contributed by atoms with Crippen LogP contribution in [0.5, 0.6) is 0 Å².